The minimum absolute atomic E-state index is 0.109. The van der Waals surface area contributed by atoms with Crippen LogP contribution in [0.25, 0.3) is 0 Å². The van der Waals surface area contributed by atoms with Crippen LogP contribution < -0.4 is 5.56 Å². The SMILES string of the molecule is COCc1nc(CC(C)C)cc(=O)[nH]1. The molecule has 1 aromatic rings. The Morgan fingerprint density at radius 3 is 2.86 bits per heavy atom. The molecule has 0 aliphatic rings. The maximum absolute atomic E-state index is 11.2. The summed E-state index contributed by atoms with van der Waals surface area (Å²) in [6.45, 7) is 4.54. The van der Waals surface area contributed by atoms with Gasteiger partial charge in [0.05, 0.1) is 0 Å². The summed E-state index contributed by atoms with van der Waals surface area (Å²) >= 11 is 0. The Labute approximate surface area is 83.3 Å². The van der Waals surface area contributed by atoms with Gasteiger partial charge >= 0.3 is 0 Å². The molecular weight excluding hydrogens is 180 g/mol. The van der Waals surface area contributed by atoms with E-state index < -0.39 is 0 Å². The summed E-state index contributed by atoms with van der Waals surface area (Å²) < 4.78 is 4.91. The zero-order valence-electron chi connectivity index (χ0n) is 8.83. The molecule has 0 unspecified atom stereocenters. The minimum Gasteiger partial charge on any atom is -0.377 e. The van der Waals surface area contributed by atoms with Crippen molar-refractivity contribution in [2.24, 2.45) is 5.92 Å². The number of hydrogen-bond donors (Lipinski definition) is 1. The highest BCUT2D eigenvalue weighted by molar-refractivity contribution is 5.03. The van der Waals surface area contributed by atoms with Crippen molar-refractivity contribution >= 4 is 0 Å². The first-order valence-corrected chi connectivity index (χ1v) is 4.70. The van der Waals surface area contributed by atoms with Gasteiger partial charge in [-0.3, -0.25) is 4.79 Å². The summed E-state index contributed by atoms with van der Waals surface area (Å²) in [7, 11) is 1.58. The van der Waals surface area contributed by atoms with Crippen molar-refractivity contribution in [2.45, 2.75) is 26.9 Å². The normalized spacial score (nSPS) is 10.9. The Balaban J connectivity index is 2.89. The average molecular weight is 196 g/mol. The van der Waals surface area contributed by atoms with E-state index >= 15 is 0 Å². The number of hydrogen-bond acceptors (Lipinski definition) is 3. The van der Waals surface area contributed by atoms with Crippen molar-refractivity contribution in [1.82, 2.24) is 9.97 Å². The van der Waals surface area contributed by atoms with Gasteiger partial charge in [0.25, 0.3) is 5.56 Å². The largest absolute Gasteiger partial charge is 0.377 e. The number of ether oxygens (including phenoxy) is 1. The average Bonchev–Trinajstić information content (AvgIpc) is 2.01. The molecule has 0 aliphatic heterocycles. The molecule has 0 fully saturated rings. The highest BCUT2D eigenvalue weighted by Crippen LogP contribution is 2.03. The summed E-state index contributed by atoms with van der Waals surface area (Å²) in [4.78, 5) is 18.1. The molecule has 1 N–H and O–H groups in total. The van der Waals surface area contributed by atoms with Crippen molar-refractivity contribution in [3.8, 4) is 0 Å². The molecule has 1 aromatic heterocycles. The van der Waals surface area contributed by atoms with Crippen LogP contribution in [0.15, 0.2) is 10.9 Å². The predicted octanol–water partition coefficient (Wildman–Crippen LogP) is 1.11. The van der Waals surface area contributed by atoms with Gasteiger partial charge in [0, 0.05) is 18.9 Å². The van der Waals surface area contributed by atoms with Gasteiger partial charge in [-0.15, -0.1) is 0 Å². The standard InChI is InChI=1S/C10H16N2O2/c1-7(2)4-8-5-10(13)12-9(11-8)6-14-3/h5,7H,4,6H2,1-3H3,(H,11,12,13). The lowest BCUT2D eigenvalue weighted by Gasteiger charge is -2.05. The molecule has 14 heavy (non-hydrogen) atoms. The molecule has 1 heterocycles. The molecule has 0 radical (unpaired) electrons. The van der Waals surface area contributed by atoms with Crippen LogP contribution in [0.3, 0.4) is 0 Å². The van der Waals surface area contributed by atoms with Crippen LogP contribution >= 0.6 is 0 Å². The molecule has 0 aromatic carbocycles. The van der Waals surface area contributed by atoms with E-state index in [9.17, 15) is 4.79 Å². The number of rotatable bonds is 4. The second-order valence-corrected chi connectivity index (χ2v) is 3.71. The summed E-state index contributed by atoms with van der Waals surface area (Å²) in [5.74, 6) is 1.09. The number of H-pyrrole nitrogens is 1. The van der Waals surface area contributed by atoms with E-state index in [1.54, 1.807) is 13.2 Å². The minimum atomic E-state index is -0.109. The quantitative estimate of drug-likeness (QED) is 0.785. The van der Waals surface area contributed by atoms with E-state index in [1.807, 2.05) is 0 Å². The lowest BCUT2D eigenvalue weighted by molar-refractivity contribution is 0.177. The summed E-state index contributed by atoms with van der Waals surface area (Å²) in [5, 5.41) is 0. The molecule has 1 rings (SSSR count). The van der Waals surface area contributed by atoms with Crippen LogP contribution in [-0.2, 0) is 17.8 Å². The van der Waals surface area contributed by atoms with E-state index in [2.05, 4.69) is 23.8 Å². The van der Waals surface area contributed by atoms with Crippen molar-refractivity contribution in [3.05, 3.63) is 27.9 Å². The summed E-state index contributed by atoms with van der Waals surface area (Å²) in [6.07, 6.45) is 0.820. The Morgan fingerprint density at radius 2 is 2.29 bits per heavy atom. The molecule has 0 aliphatic carbocycles. The lowest BCUT2D eigenvalue weighted by atomic mass is 10.1. The zero-order chi connectivity index (χ0) is 10.6. The molecule has 4 heteroatoms. The van der Waals surface area contributed by atoms with E-state index in [1.165, 1.54) is 0 Å². The third kappa shape index (κ3) is 3.30. The number of aromatic nitrogens is 2. The molecule has 0 spiro atoms. The van der Waals surface area contributed by atoms with Gasteiger partial charge in [-0.1, -0.05) is 13.8 Å². The van der Waals surface area contributed by atoms with Crippen LogP contribution in [0.5, 0.6) is 0 Å². The van der Waals surface area contributed by atoms with Gasteiger partial charge in [0.15, 0.2) is 0 Å². The first-order valence-electron chi connectivity index (χ1n) is 4.70. The van der Waals surface area contributed by atoms with Gasteiger partial charge in [0.1, 0.15) is 12.4 Å². The maximum Gasteiger partial charge on any atom is 0.251 e. The van der Waals surface area contributed by atoms with Gasteiger partial charge in [-0.05, 0) is 12.3 Å². The fourth-order valence-electron chi connectivity index (χ4n) is 1.29. The topological polar surface area (TPSA) is 55.0 Å². The second kappa shape index (κ2) is 4.91. The fourth-order valence-corrected chi connectivity index (χ4v) is 1.29. The van der Waals surface area contributed by atoms with Gasteiger partial charge in [0.2, 0.25) is 0 Å². The maximum atomic E-state index is 11.2. The predicted molar refractivity (Wildman–Crippen MR) is 54.1 cm³/mol. The number of nitrogens with one attached hydrogen (secondary N) is 1. The monoisotopic (exact) mass is 196 g/mol. The Bertz CT molecular complexity index is 344. The number of aromatic amines is 1. The lowest BCUT2D eigenvalue weighted by Crippen LogP contribution is -2.14. The Hall–Kier alpha value is -1.16. The van der Waals surface area contributed by atoms with E-state index in [-0.39, 0.29) is 5.56 Å². The highest BCUT2D eigenvalue weighted by Gasteiger charge is 2.03. The molecule has 4 nitrogen and oxygen atoms in total. The van der Waals surface area contributed by atoms with Crippen LogP contribution in [0, 0.1) is 5.92 Å². The van der Waals surface area contributed by atoms with Crippen molar-refractivity contribution in [3.63, 3.8) is 0 Å². The van der Waals surface area contributed by atoms with E-state index in [0.717, 1.165) is 12.1 Å². The fraction of sp³-hybridized carbons (Fsp3) is 0.600. The molecule has 0 amide bonds. The molecule has 0 saturated carbocycles. The summed E-state index contributed by atoms with van der Waals surface area (Å²) in [6, 6.07) is 1.54. The van der Waals surface area contributed by atoms with Gasteiger partial charge < -0.3 is 9.72 Å². The molecule has 0 atom stereocenters. The van der Waals surface area contributed by atoms with Crippen molar-refractivity contribution < 1.29 is 4.74 Å². The van der Waals surface area contributed by atoms with Crippen LogP contribution in [0.2, 0.25) is 0 Å². The second-order valence-electron chi connectivity index (χ2n) is 3.71. The van der Waals surface area contributed by atoms with Crippen LogP contribution in [-0.4, -0.2) is 17.1 Å². The van der Waals surface area contributed by atoms with Gasteiger partial charge in [-0.25, -0.2) is 4.98 Å². The first-order chi connectivity index (χ1) is 6.61. The zero-order valence-corrected chi connectivity index (χ0v) is 8.83. The van der Waals surface area contributed by atoms with Crippen molar-refractivity contribution in [2.75, 3.05) is 7.11 Å². The molecule has 0 saturated heterocycles. The molecule has 78 valence electrons. The number of methoxy groups -OCH3 is 1. The Morgan fingerprint density at radius 1 is 1.57 bits per heavy atom. The van der Waals surface area contributed by atoms with Crippen LogP contribution in [0.4, 0.5) is 0 Å². The Kier molecular flexibility index (Phi) is 3.83. The van der Waals surface area contributed by atoms with Crippen molar-refractivity contribution in [1.29, 1.82) is 0 Å². The van der Waals surface area contributed by atoms with E-state index in [4.69, 9.17) is 4.74 Å². The third-order valence-corrected chi connectivity index (χ3v) is 1.74. The van der Waals surface area contributed by atoms with Gasteiger partial charge in [-0.2, -0.15) is 0 Å². The number of nitrogens with zero attached hydrogens (tertiary/aromatic N) is 1. The highest BCUT2D eigenvalue weighted by atomic mass is 16.5. The summed E-state index contributed by atoms with van der Waals surface area (Å²) in [5.41, 5.74) is 0.721. The van der Waals surface area contributed by atoms with Crippen LogP contribution in [0.1, 0.15) is 25.4 Å². The first kappa shape index (κ1) is 10.9. The molecule has 0 bridgehead atoms. The van der Waals surface area contributed by atoms with E-state index in [0.29, 0.717) is 18.3 Å². The smallest absolute Gasteiger partial charge is 0.251 e. The third-order valence-electron chi connectivity index (χ3n) is 1.74. The molecular formula is C10H16N2O2.